The van der Waals surface area contributed by atoms with Gasteiger partial charge < -0.3 is 19.9 Å². The number of carbonyl (C=O) groups excluding carboxylic acids is 1. The zero-order valence-corrected chi connectivity index (χ0v) is 18.3. The number of ether oxygens (including phenoxy) is 2. The molecule has 2 rings (SSSR count). The van der Waals surface area contributed by atoms with E-state index in [-0.39, 0.29) is 12.5 Å². The van der Waals surface area contributed by atoms with E-state index in [0.717, 1.165) is 10.0 Å². The molecule has 0 spiro atoms. The first-order chi connectivity index (χ1) is 12.3. The molecule has 0 aromatic heterocycles. The highest BCUT2D eigenvalue weighted by molar-refractivity contribution is 9.11. The van der Waals surface area contributed by atoms with Crippen LogP contribution in [-0.2, 0) is 9.59 Å². The second-order valence-electron chi connectivity index (χ2n) is 5.19. The quantitative estimate of drug-likeness (QED) is 0.518. The second kappa shape index (κ2) is 9.38. The number of benzene rings is 2. The number of carboxylic acids is 1. The Bertz CT molecular complexity index is 818. The Morgan fingerprint density at radius 3 is 2.27 bits per heavy atom. The maximum atomic E-state index is 12.1. The molecule has 6 nitrogen and oxygen atoms in total. The number of hydrogen-bond acceptors (Lipinski definition) is 4. The fraction of sp³-hybridized carbons (Fsp3) is 0.176. The molecule has 0 atom stereocenters. The number of carboxylic acid groups (broad SMARTS) is 1. The van der Waals surface area contributed by atoms with Gasteiger partial charge in [0.15, 0.2) is 13.2 Å². The summed E-state index contributed by atoms with van der Waals surface area (Å²) in [5, 5.41) is 11.4. The molecule has 0 aliphatic heterocycles. The van der Waals surface area contributed by atoms with Crippen molar-refractivity contribution in [2.75, 3.05) is 18.5 Å². The lowest BCUT2D eigenvalue weighted by Crippen LogP contribution is -2.21. The zero-order valence-electron chi connectivity index (χ0n) is 13.5. The standard InChI is InChI=1S/C17H14Br3NO5/c1-9-4-11(25-8-16(23)24)2-3-14(9)21-15(22)7-26-17-12(19)5-10(18)6-13(17)20/h2-6H,7-8H2,1H3,(H,21,22)(H,23,24). The maximum absolute atomic E-state index is 12.1. The first kappa shape index (κ1) is 20.7. The van der Waals surface area contributed by atoms with Gasteiger partial charge >= 0.3 is 5.97 Å². The molecule has 2 aromatic rings. The monoisotopic (exact) mass is 549 g/mol. The Balaban J connectivity index is 1.97. The number of amides is 1. The Morgan fingerprint density at radius 1 is 1.04 bits per heavy atom. The molecule has 0 heterocycles. The summed E-state index contributed by atoms with van der Waals surface area (Å²) in [7, 11) is 0. The number of hydrogen-bond donors (Lipinski definition) is 2. The van der Waals surface area contributed by atoms with Gasteiger partial charge in [0, 0.05) is 10.2 Å². The van der Waals surface area contributed by atoms with Crippen molar-refractivity contribution in [2.45, 2.75) is 6.92 Å². The van der Waals surface area contributed by atoms with Gasteiger partial charge in [-0.3, -0.25) is 4.79 Å². The molecule has 0 saturated carbocycles. The third kappa shape index (κ3) is 6.00. The van der Waals surface area contributed by atoms with Crippen LogP contribution in [0.15, 0.2) is 43.7 Å². The molecule has 2 aromatic carbocycles. The first-order valence-electron chi connectivity index (χ1n) is 7.28. The maximum Gasteiger partial charge on any atom is 0.341 e. The highest BCUT2D eigenvalue weighted by Crippen LogP contribution is 2.36. The van der Waals surface area contributed by atoms with E-state index in [1.54, 1.807) is 25.1 Å². The number of aryl methyl sites for hydroxylation is 1. The molecule has 0 radical (unpaired) electrons. The first-order valence-corrected chi connectivity index (χ1v) is 9.66. The number of aliphatic carboxylic acids is 1. The topological polar surface area (TPSA) is 84.9 Å². The largest absolute Gasteiger partial charge is 0.482 e. The highest BCUT2D eigenvalue weighted by atomic mass is 79.9. The van der Waals surface area contributed by atoms with Gasteiger partial charge in [-0.1, -0.05) is 15.9 Å². The molecule has 0 bridgehead atoms. The van der Waals surface area contributed by atoms with Crippen LogP contribution in [0, 0.1) is 6.92 Å². The summed E-state index contributed by atoms with van der Waals surface area (Å²) >= 11 is 10.1. The molecule has 26 heavy (non-hydrogen) atoms. The van der Waals surface area contributed by atoms with Gasteiger partial charge in [0.05, 0.1) is 8.95 Å². The normalized spacial score (nSPS) is 10.3. The van der Waals surface area contributed by atoms with Crippen LogP contribution in [0.4, 0.5) is 5.69 Å². The fourth-order valence-electron chi connectivity index (χ4n) is 2.00. The Hall–Kier alpha value is -1.58. The van der Waals surface area contributed by atoms with Crippen LogP contribution in [0.5, 0.6) is 11.5 Å². The smallest absolute Gasteiger partial charge is 0.341 e. The van der Waals surface area contributed by atoms with Crippen molar-refractivity contribution in [1.29, 1.82) is 0 Å². The number of nitrogens with one attached hydrogen (secondary N) is 1. The van der Waals surface area contributed by atoms with Crippen LogP contribution < -0.4 is 14.8 Å². The predicted molar refractivity (Wildman–Crippen MR) is 108 cm³/mol. The molecule has 0 aliphatic carbocycles. The van der Waals surface area contributed by atoms with Gasteiger partial charge in [-0.15, -0.1) is 0 Å². The summed E-state index contributed by atoms with van der Waals surface area (Å²) in [5.74, 6) is -0.434. The van der Waals surface area contributed by atoms with Crippen LogP contribution in [-0.4, -0.2) is 30.2 Å². The Labute approximate surface area is 175 Å². The third-order valence-corrected chi connectivity index (χ3v) is 4.78. The summed E-state index contributed by atoms with van der Waals surface area (Å²) in [6.07, 6.45) is 0. The number of halogens is 3. The van der Waals surface area contributed by atoms with E-state index in [1.807, 2.05) is 12.1 Å². The highest BCUT2D eigenvalue weighted by Gasteiger charge is 2.12. The zero-order chi connectivity index (χ0) is 19.3. The molecule has 2 N–H and O–H groups in total. The van der Waals surface area contributed by atoms with E-state index < -0.39 is 12.6 Å². The third-order valence-electron chi connectivity index (χ3n) is 3.14. The van der Waals surface area contributed by atoms with E-state index in [2.05, 4.69) is 53.1 Å². The average Bonchev–Trinajstić information content (AvgIpc) is 2.54. The summed E-state index contributed by atoms with van der Waals surface area (Å²) in [6.45, 7) is 1.19. The lowest BCUT2D eigenvalue weighted by atomic mass is 10.2. The van der Waals surface area contributed by atoms with Crippen molar-refractivity contribution in [3.63, 3.8) is 0 Å². The lowest BCUT2D eigenvalue weighted by Gasteiger charge is -2.13. The molecule has 0 aliphatic rings. The minimum atomic E-state index is -1.05. The fourth-order valence-corrected chi connectivity index (χ4v) is 4.49. The van der Waals surface area contributed by atoms with Crippen molar-refractivity contribution in [1.82, 2.24) is 0 Å². The summed E-state index contributed by atoms with van der Waals surface area (Å²) in [4.78, 5) is 22.7. The Morgan fingerprint density at radius 2 is 1.69 bits per heavy atom. The van der Waals surface area contributed by atoms with E-state index in [1.165, 1.54) is 0 Å². The van der Waals surface area contributed by atoms with Gasteiger partial charge in [0.25, 0.3) is 5.91 Å². The molecule has 0 saturated heterocycles. The van der Waals surface area contributed by atoms with Crippen molar-refractivity contribution in [3.05, 3.63) is 49.3 Å². The number of anilines is 1. The number of carbonyl (C=O) groups is 2. The molecule has 1 amide bonds. The molecular weight excluding hydrogens is 538 g/mol. The van der Waals surface area contributed by atoms with Crippen molar-refractivity contribution in [3.8, 4) is 11.5 Å². The van der Waals surface area contributed by atoms with E-state index in [9.17, 15) is 9.59 Å². The molecule has 138 valence electrons. The SMILES string of the molecule is Cc1cc(OCC(=O)O)ccc1NC(=O)COc1c(Br)cc(Br)cc1Br. The lowest BCUT2D eigenvalue weighted by molar-refractivity contribution is -0.139. The van der Waals surface area contributed by atoms with Crippen molar-refractivity contribution in [2.24, 2.45) is 0 Å². The van der Waals surface area contributed by atoms with Crippen molar-refractivity contribution < 1.29 is 24.2 Å². The molecule has 0 fully saturated rings. The van der Waals surface area contributed by atoms with Gasteiger partial charge in [-0.05, 0) is 74.7 Å². The van der Waals surface area contributed by atoms with Gasteiger partial charge in [0.2, 0.25) is 0 Å². The van der Waals surface area contributed by atoms with Gasteiger partial charge in [-0.25, -0.2) is 4.79 Å². The molecular formula is C17H14Br3NO5. The average molecular weight is 552 g/mol. The van der Waals surface area contributed by atoms with E-state index in [0.29, 0.717) is 26.1 Å². The summed E-state index contributed by atoms with van der Waals surface area (Å²) in [6, 6.07) is 8.53. The van der Waals surface area contributed by atoms with E-state index >= 15 is 0 Å². The minimum absolute atomic E-state index is 0.171. The summed E-state index contributed by atoms with van der Waals surface area (Å²) < 4.78 is 13.0. The predicted octanol–water partition coefficient (Wildman–Crippen LogP) is 4.76. The van der Waals surface area contributed by atoms with Gasteiger partial charge in [0.1, 0.15) is 11.5 Å². The van der Waals surface area contributed by atoms with Crippen LogP contribution in [0.3, 0.4) is 0 Å². The summed E-state index contributed by atoms with van der Waals surface area (Å²) in [5.41, 5.74) is 1.34. The van der Waals surface area contributed by atoms with Crippen LogP contribution in [0.2, 0.25) is 0 Å². The molecule has 9 heteroatoms. The van der Waals surface area contributed by atoms with Gasteiger partial charge in [-0.2, -0.15) is 0 Å². The van der Waals surface area contributed by atoms with Crippen LogP contribution in [0.25, 0.3) is 0 Å². The Kier molecular flexibility index (Phi) is 7.48. The minimum Gasteiger partial charge on any atom is -0.482 e. The van der Waals surface area contributed by atoms with Crippen molar-refractivity contribution >= 4 is 65.4 Å². The van der Waals surface area contributed by atoms with Crippen LogP contribution in [0.1, 0.15) is 5.56 Å². The van der Waals surface area contributed by atoms with Crippen LogP contribution >= 0.6 is 47.8 Å². The number of rotatable bonds is 7. The van der Waals surface area contributed by atoms with E-state index in [4.69, 9.17) is 14.6 Å². The second-order valence-corrected chi connectivity index (χ2v) is 7.82. The molecule has 0 unspecified atom stereocenters.